The molecule has 236 valence electrons. The maximum atomic E-state index is 14.6. The van der Waals surface area contributed by atoms with Gasteiger partial charge in [-0.3, -0.25) is 13.9 Å². The molecule has 4 rings (SSSR count). The molecule has 0 aromatic heterocycles. The van der Waals surface area contributed by atoms with Crippen LogP contribution in [-0.4, -0.2) is 43.8 Å². The van der Waals surface area contributed by atoms with Crippen molar-refractivity contribution in [1.82, 2.24) is 10.2 Å². The van der Waals surface area contributed by atoms with Gasteiger partial charge in [0.25, 0.3) is 10.0 Å². The zero-order valence-corrected chi connectivity index (χ0v) is 27.6. The quantitative estimate of drug-likeness (QED) is 0.187. The number of carbonyl (C=O) groups is 2. The molecule has 2 amide bonds. The Morgan fingerprint density at radius 1 is 0.778 bits per heavy atom. The first-order valence-electron chi connectivity index (χ1n) is 15.3. The van der Waals surface area contributed by atoms with E-state index in [0.717, 1.165) is 38.5 Å². The fourth-order valence-electron chi connectivity index (χ4n) is 5.13. The molecule has 2 atom stereocenters. The van der Waals surface area contributed by atoms with Gasteiger partial charge in [-0.2, -0.15) is 0 Å². The van der Waals surface area contributed by atoms with E-state index < -0.39 is 28.5 Å². The topological polar surface area (TPSA) is 86.8 Å². The van der Waals surface area contributed by atoms with Gasteiger partial charge in [-0.1, -0.05) is 91.3 Å². The Morgan fingerprint density at radius 2 is 1.42 bits per heavy atom. The van der Waals surface area contributed by atoms with E-state index in [9.17, 15) is 18.0 Å². The summed E-state index contributed by atoms with van der Waals surface area (Å²) < 4.78 is 29.4. The van der Waals surface area contributed by atoms with E-state index in [-0.39, 0.29) is 29.8 Å². The van der Waals surface area contributed by atoms with Crippen LogP contribution in [0.1, 0.15) is 48.1 Å². The van der Waals surface area contributed by atoms with E-state index in [1.54, 1.807) is 30.3 Å². The highest BCUT2D eigenvalue weighted by molar-refractivity contribution is 7.92. The van der Waals surface area contributed by atoms with Crippen LogP contribution >= 0.6 is 0 Å². The van der Waals surface area contributed by atoms with E-state index >= 15 is 0 Å². The number of sulfonamides is 1. The Labute approximate surface area is 268 Å². The molecule has 0 spiro atoms. The van der Waals surface area contributed by atoms with Crippen LogP contribution in [0.25, 0.3) is 0 Å². The molecular weight excluding hydrogens is 582 g/mol. The highest BCUT2D eigenvalue weighted by Crippen LogP contribution is 2.27. The van der Waals surface area contributed by atoms with Crippen molar-refractivity contribution < 1.29 is 18.0 Å². The van der Waals surface area contributed by atoms with Crippen molar-refractivity contribution in [3.05, 3.63) is 131 Å². The van der Waals surface area contributed by atoms with E-state index in [4.69, 9.17) is 0 Å². The first-order chi connectivity index (χ1) is 21.5. The number of amides is 2. The van der Waals surface area contributed by atoms with Gasteiger partial charge >= 0.3 is 0 Å². The number of carbonyl (C=O) groups excluding carboxylic acids is 2. The number of rotatable bonds is 13. The molecule has 4 aromatic carbocycles. The van der Waals surface area contributed by atoms with Crippen LogP contribution in [0.15, 0.2) is 108 Å². The largest absolute Gasteiger partial charge is 0.352 e. The van der Waals surface area contributed by atoms with Crippen LogP contribution in [0.5, 0.6) is 0 Å². The lowest BCUT2D eigenvalue weighted by Gasteiger charge is -2.34. The van der Waals surface area contributed by atoms with Gasteiger partial charge in [0.2, 0.25) is 11.8 Å². The number of hydrogen-bond acceptors (Lipinski definition) is 4. The van der Waals surface area contributed by atoms with Gasteiger partial charge in [0, 0.05) is 19.0 Å². The molecule has 7 nitrogen and oxygen atoms in total. The first-order valence-corrected chi connectivity index (χ1v) is 16.8. The molecular formula is C37H43N3O4S. The SMILES string of the molecule is CC[C@H](C)NC(=O)[C@H](Cc1ccccc1)N(Cc1cccc(C)c1)C(=O)CN(c1ccc(C)c(C)c1)S(=O)(=O)c1ccccc1. The van der Waals surface area contributed by atoms with E-state index in [1.807, 2.05) is 95.3 Å². The number of hydrogen-bond donors (Lipinski definition) is 1. The van der Waals surface area contributed by atoms with Gasteiger partial charge in [0.05, 0.1) is 10.6 Å². The van der Waals surface area contributed by atoms with Crippen molar-refractivity contribution in [3.8, 4) is 0 Å². The second-order valence-electron chi connectivity index (χ2n) is 11.6. The summed E-state index contributed by atoms with van der Waals surface area (Å²) in [5.74, 6) is -0.757. The van der Waals surface area contributed by atoms with Crippen molar-refractivity contribution in [2.75, 3.05) is 10.8 Å². The maximum absolute atomic E-state index is 14.6. The Bertz CT molecular complexity index is 1710. The van der Waals surface area contributed by atoms with Crippen LogP contribution < -0.4 is 9.62 Å². The van der Waals surface area contributed by atoms with E-state index in [0.29, 0.717) is 5.69 Å². The number of aryl methyl sites for hydroxylation is 3. The predicted molar refractivity (Wildman–Crippen MR) is 180 cm³/mol. The summed E-state index contributed by atoms with van der Waals surface area (Å²) in [6, 6.07) is 29.9. The third-order valence-electron chi connectivity index (χ3n) is 8.10. The minimum absolute atomic E-state index is 0.0802. The maximum Gasteiger partial charge on any atom is 0.264 e. The predicted octanol–water partition coefficient (Wildman–Crippen LogP) is 6.36. The highest BCUT2D eigenvalue weighted by Gasteiger charge is 2.35. The number of benzene rings is 4. The summed E-state index contributed by atoms with van der Waals surface area (Å²) in [7, 11) is -4.13. The van der Waals surface area contributed by atoms with Crippen molar-refractivity contribution in [2.45, 2.75) is 71.0 Å². The molecule has 0 saturated heterocycles. The van der Waals surface area contributed by atoms with Gasteiger partial charge in [-0.25, -0.2) is 8.42 Å². The van der Waals surface area contributed by atoms with E-state index in [1.165, 1.54) is 17.0 Å². The first kappa shape index (κ1) is 33.5. The molecule has 8 heteroatoms. The number of anilines is 1. The van der Waals surface area contributed by atoms with Crippen molar-refractivity contribution in [2.24, 2.45) is 0 Å². The van der Waals surface area contributed by atoms with Crippen LogP contribution in [0, 0.1) is 20.8 Å². The molecule has 0 aliphatic rings. The van der Waals surface area contributed by atoms with Crippen LogP contribution in [-0.2, 0) is 32.6 Å². The lowest BCUT2D eigenvalue weighted by molar-refractivity contribution is -0.140. The Morgan fingerprint density at radius 3 is 2.04 bits per heavy atom. The molecule has 1 N–H and O–H groups in total. The lowest BCUT2D eigenvalue weighted by atomic mass is 10.0. The zero-order chi connectivity index (χ0) is 32.6. The van der Waals surface area contributed by atoms with Crippen LogP contribution in [0.2, 0.25) is 0 Å². The second-order valence-corrected chi connectivity index (χ2v) is 13.5. The molecule has 0 heterocycles. The third kappa shape index (κ3) is 8.60. The Hall–Kier alpha value is -4.43. The molecule has 0 radical (unpaired) electrons. The summed E-state index contributed by atoms with van der Waals surface area (Å²) in [6.07, 6.45) is 1.00. The minimum Gasteiger partial charge on any atom is -0.352 e. The summed E-state index contributed by atoms with van der Waals surface area (Å²) in [6.45, 7) is 9.41. The molecule has 45 heavy (non-hydrogen) atoms. The molecule has 0 fully saturated rings. The summed E-state index contributed by atoms with van der Waals surface area (Å²) >= 11 is 0. The molecule has 0 bridgehead atoms. The van der Waals surface area contributed by atoms with Gasteiger partial charge in [-0.05, 0) is 80.6 Å². The Kier molecular flexibility index (Phi) is 11.2. The van der Waals surface area contributed by atoms with Crippen LogP contribution in [0.3, 0.4) is 0 Å². The van der Waals surface area contributed by atoms with E-state index in [2.05, 4.69) is 5.32 Å². The van der Waals surface area contributed by atoms with Crippen molar-refractivity contribution >= 4 is 27.5 Å². The van der Waals surface area contributed by atoms with Crippen molar-refractivity contribution in [3.63, 3.8) is 0 Å². The van der Waals surface area contributed by atoms with Gasteiger partial charge in [0.1, 0.15) is 12.6 Å². The normalized spacial score (nSPS) is 12.6. The molecule has 0 aliphatic carbocycles. The standard InChI is InChI=1S/C37H43N3O4S/c1-6-30(5)38-37(42)35(24-31-15-9-7-10-16-31)39(25-32-17-13-14-27(2)22-32)36(41)26-40(33-21-20-28(3)29(4)23-33)45(43,44)34-18-11-8-12-19-34/h7-23,30,35H,6,24-26H2,1-5H3,(H,38,42)/t30-,35-/m0/s1. The summed E-state index contributed by atoms with van der Waals surface area (Å²) in [5, 5.41) is 3.07. The number of nitrogens with one attached hydrogen (secondary N) is 1. The second kappa shape index (κ2) is 15.0. The monoisotopic (exact) mass is 625 g/mol. The van der Waals surface area contributed by atoms with Gasteiger partial charge in [0.15, 0.2) is 0 Å². The smallest absolute Gasteiger partial charge is 0.264 e. The fourth-order valence-corrected chi connectivity index (χ4v) is 6.56. The summed E-state index contributed by atoms with van der Waals surface area (Å²) in [4.78, 5) is 30.1. The average Bonchev–Trinajstić information content (AvgIpc) is 3.03. The zero-order valence-electron chi connectivity index (χ0n) is 26.7. The third-order valence-corrected chi connectivity index (χ3v) is 9.88. The lowest BCUT2D eigenvalue weighted by Crippen LogP contribution is -2.54. The fraction of sp³-hybridized carbons (Fsp3) is 0.297. The molecule has 0 aliphatic heterocycles. The highest BCUT2D eigenvalue weighted by atomic mass is 32.2. The molecule has 0 unspecified atom stereocenters. The molecule has 0 saturated carbocycles. The Balaban J connectivity index is 1.82. The van der Waals surface area contributed by atoms with Crippen LogP contribution in [0.4, 0.5) is 5.69 Å². The minimum atomic E-state index is -4.13. The van der Waals surface area contributed by atoms with Gasteiger partial charge in [-0.15, -0.1) is 0 Å². The van der Waals surface area contributed by atoms with Gasteiger partial charge < -0.3 is 10.2 Å². The average molecular weight is 626 g/mol. The molecule has 4 aromatic rings. The number of nitrogens with zero attached hydrogens (tertiary/aromatic N) is 2. The summed E-state index contributed by atoms with van der Waals surface area (Å²) in [5.41, 5.74) is 5.06. The van der Waals surface area contributed by atoms with Crippen molar-refractivity contribution in [1.29, 1.82) is 0 Å².